The molecule has 0 unspecified atom stereocenters. The molecule has 0 saturated heterocycles. The van der Waals surface area contributed by atoms with E-state index in [1.807, 2.05) is 31.2 Å². The predicted molar refractivity (Wildman–Crippen MR) is 83.9 cm³/mol. The van der Waals surface area contributed by atoms with Gasteiger partial charge in [0.15, 0.2) is 0 Å². The fraction of sp³-hybridized carbons (Fsp3) is 0.105. The van der Waals surface area contributed by atoms with Crippen LogP contribution in [0.5, 0.6) is 0 Å². The van der Waals surface area contributed by atoms with Crippen LogP contribution >= 0.6 is 0 Å². The summed E-state index contributed by atoms with van der Waals surface area (Å²) in [6, 6.07) is 15.2. The van der Waals surface area contributed by atoms with E-state index in [0.29, 0.717) is 10.9 Å². The number of aryl methyl sites for hydroxylation is 1. The van der Waals surface area contributed by atoms with Crippen molar-refractivity contribution in [3.05, 3.63) is 77.0 Å². The molecule has 0 atom stereocenters. The molecule has 114 valence electrons. The number of benzene rings is 2. The normalized spacial score (nSPS) is 11.1. The zero-order chi connectivity index (χ0) is 16.4. The fourth-order valence-electron chi connectivity index (χ4n) is 2.20. The number of nitrogens with zero attached hydrogens (tertiary/aromatic N) is 1. The maximum absolute atomic E-state index is 13.0. The van der Waals surface area contributed by atoms with Crippen LogP contribution in [0.4, 0.5) is 13.2 Å². The van der Waals surface area contributed by atoms with E-state index >= 15 is 0 Å². The average Bonchev–Trinajstić information content (AvgIpc) is 2.53. The minimum atomic E-state index is -4.50. The van der Waals surface area contributed by atoms with Crippen molar-refractivity contribution in [3.8, 4) is 11.8 Å². The van der Waals surface area contributed by atoms with Crippen molar-refractivity contribution in [2.45, 2.75) is 13.1 Å². The Morgan fingerprint density at radius 3 is 2.30 bits per heavy atom. The maximum atomic E-state index is 13.0. The van der Waals surface area contributed by atoms with Gasteiger partial charge < -0.3 is 0 Å². The van der Waals surface area contributed by atoms with Gasteiger partial charge in [-0.2, -0.15) is 13.2 Å². The minimum absolute atomic E-state index is 0.288. The first kappa shape index (κ1) is 15.1. The first-order valence-electron chi connectivity index (χ1n) is 6.99. The Morgan fingerprint density at radius 2 is 1.61 bits per heavy atom. The number of alkyl halides is 3. The van der Waals surface area contributed by atoms with Crippen molar-refractivity contribution >= 4 is 10.9 Å². The van der Waals surface area contributed by atoms with E-state index in [-0.39, 0.29) is 5.52 Å². The summed E-state index contributed by atoms with van der Waals surface area (Å²) in [5.74, 6) is 5.76. The largest absolute Gasteiger partial charge is 0.433 e. The van der Waals surface area contributed by atoms with Crippen LogP contribution in [0.15, 0.2) is 54.6 Å². The molecule has 0 N–H and O–H groups in total. The number of rotatable bonds is 0. The van der Waals surface area contributed by atoms with Crippen molar-refractivity contribution in [1.29, 1.82) is 0 Å². The third-order valence-electron chi connectivity index (χ3n) is 3.40. The maximum Gasteiger partial charge on any atom is 0.433 e. The second-order valence-electron chi connectivity index (χ2n) is 5.19. The number of para-hydroxylation sites is 1. The highest BCUT2D eigenvalue weighted by Crippen LogP contribution is 2.30. The molecule has 4 heteroatoms. The van der Waals surface area contributed by atoms with E-state index in [1.54, 1.807) is 24.3 Å². The summed E-state index contributed by atoms with van der Waals surface area (Å²) in [6.07, 6.45) is -4.50. The van der Waals surface area contributed by atoms with Gasteiger partial charge in [0.05, 0.1) is 5.52 Å². The Balaban J connectivity index is 2.14. The molecule has 1 nitrogen and oxygen atoms in total. The Labute approximate surface area is 131 Å². The highest BCUT2D eigenvalue weighted by atomic mass is 19.4. The van der Waals surface area contributed by atoms with Crippen LogP contribution in [0.1, 0.15) is 22.4 Å². The second kappa shape index (κ2) is 5.77. The van der Waals surface area contributed by atoms with Gasteiger partial charge in [-0.1, -0.05) is 47.7 Å². The predicted octanol–water partition coefficient (Wildman–Crippen LogP) is 4.96. The average molecular weight is 311 g/mol. The van der Waals surface area contributed by atoms with Crippen LogP contribution in [0.2, 0.25) is 0 Å². The summed E-state index contributed by atoms with van der Waals surface area (Å²) in [4.78, 5) is 3.68. The van der Waals surface area contributed by atoms with Gasteiger partial charge in [0.1, 0.15) is 5.69 Å². The van der Waals surface area contributed by atoms with Gasteiger partial charge >= 0.3 is 6.18 Å². The molecule has 0 spiro atoms. The Kier molecular flexibility index (Phi) is 3.79. The van der Waals surface area contributed by atoms with Gasteiger partial charge in [-0.05, 0) is 31.2 Å². The van der Waals surface area contributed by atoms with Crippen molar-refractivity contribution in [1.82, 2.24) is 4.98 Å². The van der Waals surface area contributed by atoms with E-state index in [1.165, 1.54) is 0 Å². The number of hydrogen-bond donors (Lipinski definition) is 0. The lowest BCUT2D eigenvalue weighted by molar-refractivity contribution is -0.140. The van der Waals surface area contributed by atoms with Crippen molar-refractivity contribution in [2.75, 3.05) is 0 Å². The topological polar surface area (TPSA) is 12.9 Å². The molecule has 0 bridgehead atoms. The molecule has 1 heterocycles. The van der Waals surface area contributed by atoms with Gasteiger partial charge in [-0.15, -0.1) is 0 Å². The SMILES string of the molecule is Cc1ccc(C#Cc2cc(C(F)(F)F)nc3ccccc23)cc1. The van der Waals surface area contributed by atoms with Gasteiger partial charge in [-0.3, -0.25) is 0 Å². The van der Waals surface area contributed by atoms with Crippen LogP contribution in [0, 0.1) is 18.8 Å². The molecule has 0 saturated carbocycles. The highest BCUT2D eigenvalue weighted by molar-refractivity contribution is 5.85. The lowest BCUT2D eigenvalue weighted by Crippen LogP contribution is -2.08. The van der Waals surface area contributed by atoms with Gasteiger partial charge in [0, 0.05) is 16.5 Å². The Bertz CT molecular complexity index is 913. The molecule has 3 rings (SSSR count). The summed E-state index contributed by atoms with van der Waals surface area (Å²) in [5.41, 5.74) is 1.54. The first-order chi connectivity index (χ1) is 10.9. The summed E-state index contributed by atoms with van der Waals surface area (Å²) >= 11 is 0. The minimum Gasteiger partial charge on any atom is -0.243 e. The monoisotopic (exact) mass is 311 g/mol. The zero-order valence-electron chi connectivity index (χ0n) is 12.3. The number of hydrogen-bond acceptors (Lipinski definition) is 1. The van der Waals surface area contributed by atoms with Crippen LogP contribution in [0.3, 0.4) is 0 Å². The van der Waals surface area contributed by atoms with E-state index in [4.69, 9.17) is 0 Å². The smallest absolute Gasteiger partial charge is 0.243 e. The summed E-state index contributed by atoms with van der Waals surface area (Å²) in [6.45, 7) is 1.96. The van der Waals surface area contributed by atoms with Crippen molar-refractivity contribution in [3.63, 3.8) is 0 Å². The first-order valence-corrected chi connectivity index (χ1v) is 6.99. The van der Waals surface area contributed by atoms with Gasteiger partial charge in [0.2, 0.25) is 0 Å². The standard InChI is InChI=1S/C19H12F3N/c1-13-6-8-14(9-7-13)10-11-15-12-18(19(20,21)22)23-17-5-3-2-4-16(15)17/h2-9,12H,1H3. The van der Waals surface area contributed by atoms with Crippen molar-refractivity contribution in [2.24, 2.45) is 0 Å². The van der Waals surface area contributed by atoms with Crippen LogP contribution in [0.25, 0.3) is 10.9 Å². The van der Waals surface area contributed by atoms with Crippen LogP contribution in [-0.4, -0.2) is 4.98 Å². The second-order valence-corrected chi connectivity index (χ2v) is 5.19. The molecular weight excluding hydrogens is 299 g/mol. The lowest BCUT2D eigenvalue weighted by atomic mass is 10.1. The molecule has 0 amide bonds. The zero-order valence-corrected chi connectivity index (χ0v) is 12.3. The molecule has 0 fully saturated rings. The third-order valence-corrected chi connectivity index (χ3v) is 3.40. The van der Waals surface area contributed by atoms with Gasteiger partial charge in [-0.25, -0.2) is 4.98 Å². The molecular formula is C19H12F3N. The Hall–Kier alpha value is -2.80. The lowest BCUT2D eigenvalue weighted by Gasteiger charge is -2.08. The molecule has 0 aliphatic carbocycles. The van der Waals surface area contributed by atoms with Gasteiger partial charge in [0.25, 0.3) is 0 Å². The van der Waals surface area contributed by atoms with E-state index in [2.05, 4.69) is 16.8 Å². The van der Waals surface area contributed by atoms with Crippen LogP contribution < -0.4 is 0 Å². The molecule has 0 aliphatic rings. The molecule has 0 radical (unpaired) electrons. The number of aromatic nitrogens is 1. The molecule has 3 aromatic rings. The van der Waals surface area contributed by atoms with E-state index < -0.39 is 11.9 Å². The molecule has 0 aliphatic heterocycles. The van der Waals surface area contributed by atoms with Crippen molar-refractivity contribution < 1.29 is 13.2 Å². The summed E-state index contributed by atoms with van der Waals surface area (Å²) in [7, 11) is 0. The fourth-order valence-corrected chi connectivity index (χ4v) is 2.20. The number of pyridine rings is 1. The molecule has 1 aromatic heterocycles. The highest BCUT2D eigenvalue weighted by Gasteiger charge is 2.33. The van der Waals surface area contributed by atoms with Crippen LogP contribution in [-0.2, 0) is 6.18 Å². The summed E-state index contributed by atoms with van der Waals surface area (Å²) < 4.78 is 39.0. The van der Waals surface area contributed by atoms with E-state index in [9.17, 15) is 13.2 Å². The Morgan fingerprint density at radius 1 is 0.913 bits per heavy atom. The quantitative estimate of drug-likeness (QED) is 0.535. The number of halogens is 3. The molecule has 2 aromatic carbocycles. The third kappa shape index (κ3) is 3.35. The number of fused-ring (bicyclic) bond motifs is 1. The van der Waals surface area contributed by atoms with E-state index in [0.717, 1.165) is 17.2 Å². The molecule has 23 heavy (non-hydrogen) atoms. The summed E-state index contributed by atoms with van der Waals surface area (Å²) in [5, 5.41) is 0.611.